The number of benzene rings is 1. The van der Waals surface area contributed by atoms with Crippen molar-refractivity contribution in [3.8, 4) is 0 Å². The van der Waals surface area contributed by atoms with Gasteiger partial charge < -0.3 is 5.32 Å². The summed E-state index contributed by atoms with van der Waals surface area (Å²) in [5, 5.41) is 3.54. The molecule has 0 aliphatic heterocycles. The van der Waals surface area contributed by atoms with Gasteiger partial charge in [-0.15, -0.1) is 0 Å². The zero-order chi connectivity index (χ0) is 11.1. The number of nitrogens with one attached hydrogen (secondary N) is 1. The lowest BCUT2D eigenvalue weighted by molar-refractivity contribution is 0.601. The van der Waals surface area contributed by atoms with E-state index >= 15 is 0 Å². The largest absolute Gasteiger partial charge is 0.309 e. The summed E-state index contributed by atoms with van der Waals surface area (Å²) in [6.45, 7) is 7.66. The Labute approximate surface area is 97.7 Å². The molecule has 0 radical (unpaired) electrons. The number of thioether (sulfide) groups is 1. The molecule has 0 fully saturated rings. The predicted molar refractivity (Wildman–Crippen MR) is 70.6 cm³/mol. The Morgan fingerprint density at radius 3 is 2.87 bits per heavy atom. The van der Waals surface area contributed by atoms with Gasteiger partial charge in [0.05, 0.1) is 0 Å². The molecular formula is C13H21NS. The van der Waals surface area contributed by atoms with Crippen LogP contribution in [0.3, 0.4) is 0 Å². The second-order valence-corrected chi connectivity index (χ2v) is 5.18. The van der Waals surface area contributed by atoms with Crippen molar-refractivity contribution in [2.45, 2.75) is 26.8 Å². The van der Waals surface area contributed by atoms with Crippen LogP contribution in [-0.4, -0.2) is 18.1 Å². The Bertz CT molecular complexity index is 286. The Morgan fingerprint density at radius 1 is 1.40 bits per heavy atom. The fraction of sp³-hybridized carbons (Fsp3) is 0.538. The standard InChI is InChI=1S/C13H21NS/c1-4-15-9-8-14-12(3)13-7-5-6-11(2)10-13/h5-7,10,12,14H,4,8-9H2,1-3H3/t12-/m1/s1. The molecule has 0 heterocycles. The first-order valence-electron chi connectivity index (χ1n) is 5.61. The van der Waals surface area contributed by atoms with Crippen molar-refractivity contribution >= 4 is 11.8 Å². The van der Waals surface area contributed by atoms with E-state index in [1.54, 1.807) is 0 Å². The van der Waals surface area contributed by atoms with Gasteiger partial charge in [0.25, 0.3) is 0 Å². The summed E-state index contributed by atoms with van der Waals surface area (Å²) >= 11 is 1.99. The lowest BCUT2D eigenvalue weighted by atomic mass is 10.1. The maximum atomic E-state index is 3.54. The molecule has 0 aliphatic carbocycles. The SMILES string of the molecule is CCSCCN[C@H](C)c1cccc(C)c1. The molecule has 0 aliphatic rings. The summed E-state index contributed by atoms with van der Waals surface area (Å²) in [5.74, 6) is 2.41. The Morgan fingerprint density at radius 2 is 2.20 bits per heavy atom. The lowest BCUT2D eigenvalue weighted by Gasteiger charge is -2.14. The summed E-state index contributed by atoms with van der Waals surface area (Å²) < 4.78 is 0. The van der Waals surface area contributed by atoms with Crippen molar-refractivity contribution in [1.29, 1.82) is 0 Å². The molecule has 1 nitrogen and oxygen atoms in total. The molecule has 0 saturated carbocycles. The van der Waals surface area contributed by atoms with Gasteiger partial charge in [0.1, 0.15) is 0 Å². The predicted octanol–water partition coefficient (Wildman–Crippen LogP) is 3.40. The maximum absolute atomic E-state index is 3.54. The highest BCUT2D eigenvalue weighted by molar-refractivity contribution is 7.99. The summed E-state index contributed by atoms with van der Waals surface area (Å²) in [6, 6.07) is 9.18. The molecular weight excluding hydrogens is 202 g/mol. The van der Waals surface area contributed by atoms with Crippen LogP contribution in [0.15, 0.2) is 24.3 Å². The van der Waals surface area contributed by atoms with Crippen LogP contribution in [0.5, 0.6) is 0 Å². The zero-order valence-electron chi connectivity index (χ0n) is 9.92. The maximum Gasteiger partial charge on any atom is 0.0292 e. The highest BCUT2D eigenvalue weighted by Crippen LogP contribution is 2.13. The highest BCUT2D eigenvalue weighted by Gasteiger charge is 2.03. The molecule has 84 valence electrons. The van der Waals surface area contributed by atoms with Gasteiger partial charge >= 0.3 is 0 Å². The molecule has 0 amide bonds. The molecule has 1 N–H and O–H groups in total. The molecule has 0 saturated heterocycles. The highest BCUT2D eigenvalue weighted by atomic mass is 32.2. The molecule has 0 spiro atoms. The zero-order valence-corrected chi connectivity index (χ0v) is 10.7. The van der Waals surface area contributed by atoms with Gasteiger partial charge in [0.2, 0.25) is 0 Å². The molecule has 1 atom stereocenters. The monoisotopic (exact) mass is 223 g/mol. The normalized spacial score (nSPS) is 12.7. The van der Waals surface area contributed by atoms with Crippen molar-refractivity contribution in [2.75, 3.05) is 18.1 Å². The average Bonchev–Trinajstić information content (AvgIpc) is 2.24. The number of hydrogen-bond donors (Lipinski definition) is 1. The number of rotatable bonds is 6. The van der Waals surface area contributed by atoms with Crippen molar-refractivity contribution in [2.24, 2.45) is 0 Å². The van der Waals surface area contributed by atoms with E-state index in [4.69, 9.17) is 0 Å². The van der Waals surface area contributed by atoms with Crippen LogP contribution in [0.2, 0.25) is 0 Å². The van der Waals surface area contributed by atoms with E-state index in [-0.39, 0.29) is 0 Å². The second kappa shape index (κ2) is 6.91. The van der Waals surface area contributed by atoms with Gasteiger partial charge in [-0.1, -0.05) is 36.8 Å². The Kier molecular flexibility index (Phi) is 5.81. The van der Waals surface area contributed by atoms with Gasteiger partial charge in [-0.3, -0.25) is 0 Å². The molecule has 0 bridgehead atoms. The molecule has 1 rings (SSSR count). The van der Waals surface area contributed by atoms with Gasteiger partial charge in [-0.25, -0.2) is 0 Å². The summed E-state index contributed by atoms with van der Waals surface area (Å²) in [7, 11) is 0. The first-order chi connectivity index (χ1) is 7.24. The van der Waals surface area contributed by atoms with Gasteiger partial charge in [-0.05, 0) is 25.2 Å². The third kappa shape index (κ3) is 4.72. The molecule has 1 aromatic carbocycles. The van der Waals surface area contributed by atoms with Crippen molar-refractivity contribution in [3.05, 3.63) is 35.4 Å². The average molecular weight is 223 g/mol. The number of hydrogen-bond acceptors (Lipinski definition) is 2. The summed E-state index contributed by atoms with van der Waals surface area (Å²) in [6.07, 6.45) is 0. The third-order valence-corrected chi connectivity index (χ3v) is 3.34. The summed E-state index contributed by atoms with van der Waals surface area (Å²) in [5.41, 5.74) is 2.72. The van der Waals surface area contributed by atoms with Gasteiger partial charge in [0.15, 0.2) is 0 Å². The number of aryl methyl sites for hydroxylation is 1. The third-order valence-electron chi connectivity index (χ3n) is 2.44. The van der Waals surface area contributed by atoms with E-state index in [1.807, 2.05) is 11.8 Å². The topological polar surface area (TPSA) is 12.0 Å². The fourth-order valence-corrected chi connectivity index (χ4v) is 2.10. The van der Waals surface area contributed by atoms with Crippen LogP contribution in [-0.2, 0) is 0 Å². The summed E-state index contributed by atoms with van der Waals surface area (Å²) in [4.78, 5) is 0. The Hall–Kier alpha value is -0.470. The lowest BCUT2D eigenvalue weighted by Crippen LogP contribution is -2.21. The molecule has 15 heavy (non-hydrogen) atoms. The minimum absolute atomic E-state index is 0.461. The van der Waals surface area contributed by atoms with Crippen molar-refractivity contribution in [3.63, 3.8) is 0 Å². The van der Waals surface area contributed by atoms with Crippen molar-refractivity contribution in [1.82, 2.24) is 5.32 Å². The smallest absolute Gasteiger partial charge is 0.0292 e. The first kappa shape index (κ1) is 12.6. The Balaban J connectivity index is 2.36. The fourth-order valence-electron chi connectivity index (χ4n) is 1.55. The molecule has 0 aromatic heterocycles. The van der Waals surface area contributed by atoms with E-state index in [0.29, 0.717) is 6.04 Å². The van der Waals surface area contributed by atoms with Crippen LogP contribution < -0.4 is 5.32 Å². The molecule has 0 unspecified atom stereocenters. The second-order valence-electron chi connectivity index (χ2n) is 3.79. The van der Waals surface area contributed by atoms with E-state index in [1.165, 1.54) is 22.6 Å². The quantitative estimate of drug-likeness (QED) is 0.742. The van der Waals surface area contributed by atoms with E-state index in [2.05, 4.69) is 50.4 Å². The van der Waals surface area contributed by atoms with Crippen LogP contribution in [0, 0.1) is 6.92 Å². The van der Waals surface area contributed by atoms with Crippen molar-refractivity contribution < 1.29 is 0 Å². The van der Waals surface area contributed by atoms with Gasteiger partial charge in [0, 0.05) is 18.3 Å². The van der Waals surface area contributed by atoms with Crippen LogP contribution >= 0.6 is 11.8 Å². The minimum Gasteiger partial charge on any atom is -0.309 e. The minimum atomic E-state index is 0.461. The molecule has 2 heteroatoms. The van der Waals surface area contributed by atoms with Crippen LogP contribution in [0.1, 0.15) is 31.0 Å². The van der Waals surface area contributed by atoms with Gasteiger partial charge in [-0.2, -0.15) is 11.8 Å². The van der Waals surface area contributed by atoms with E-state index in [9.17, 15) is 0 Å². The molecule has 1 aromatic rings. The first-order valence-corrected chi connectivity index (χ1v) is 6.77. The van der Waals surface area contributed by atoms with E-state index in [0.717, 1.165) is 6.54 Å². The van der Waals surface area contributed by atoms with Crippen LogP contribution in [0.4, 0.5) is 0 Å². The van der Waals surface area contributed by atoms with Crippen LogP contribution in [0.25, 0.3) is 0 Å². The van der Waals surface area contributed by atoms with E-state index < -0.39 is 0 Å².